The standard InChI is InChI=1S/C27H31Cl2N7O2S/c1-17-14-35(19-6-7-21(28)22(29)11-19)27(37)25-20(13-32-36(17)25)23-15-34(16-38-9-10-39(2,3)4)26(33-23)18-5-8-24(30)31-12-18/h5-8,11-13,15,17H,9-10,14,16H2,1-4H3,(H2,30,31). The molecule has 3 aromatic heterocycles. The van der Waals surface area contributed by atoms with Crippen LogP contribution in [0.1, 0.15) is 23.5 Å². The molecule has 1 aliphatic rings. The second-order valence-electron chi connectivity index (χ2n) is 10.4. The number of ether oxygens (including phenoxy) is 1. The summed E-state index contributed by atoms with van der Waals surface area (Å²) in [5.41, 5.74) is 9.00. The Bertz CT molecular complexity index is 1510. The highest BCUT2D eigenvalue weighted by atomic mass is 35.5. The van der Waals surface area contributed by atoms with E-state index in [0.29, 0.717) is 64.2 Å². The first-order chi connectivity index (χ1) is 18.5. The molecule has 1 atom stereocenters. The normalized spacial score (nSPS) is 16.0. The molecule has 0 saturated carbocycles. The highest BCUT2D eigenvalue weighted by molar-refractivity contribution is 8.32. The van der Waals surface area contributed by atoms with Crippen molar-refractivity contribution in [1.29, 1.82) is 0 Å². The number of imidazole rings is 1. The van der Waals surface area contributed by atoms with E-state index in [1.165, 1.54) is 0 Å². The molecule has 4 heterocycles. The number of anilines is 2. The van der Waals surface area contributed by atoms with Crippen LogP contribution in [0.5, 0.6) is 0 Å². The van der Waals surface area contributed by atoms with Gasteiger partial charge in [0.1, 0.15) is 24.1 Å². The van der Waals surface area contributed by atoms with Gasteiger partial charge in [-0.3, -0.25) is 9.48 Å². The van der Waals surface area contributed by atoms with Gasteiger partial charge in [0.05, 0.1) is 40.1 Å². The van der Waals surface area contributed by atoms with E-state index in [1.807, 2.05) is 23.8 Å². The molecule has 1 aliphatic heterocycles. The molecule has 5 rings (SSSR count). The number of nitrogens with zero attached hydrogens (tertiary/aromatic N) is 6. The minimum Gasteiger partial charge on any atom is -0.384 e. The van der Waals surface area contributed by atoms with Gasteiger partial charge in [-0.25, -0.2) is 20.0 Å². The number of pyridine rings is 1. The number of halogens is 2. The Morgan fingerprint density at radius 3 is 2.62 bits per heavy atom. The largest absolute Gasteiger partial charge is 0.384 e. The summed E-state index contributed by atoms with van der Waals surface area (Å²) < 4.78 is 9.73. The summed E-state index contributed by atoms with van der Waals surface area (Å²) in [6, 6.07) is 8.74. The maximum atomic E-state index is 13.8. The lowest BCUT2D eigenvalue weighted by Gasteiger charge is -2.32. The summed E-state index contributed by atoms with van der Waals surface area (Å²) >= 11 is 12.4. The van der Waals surface area contributed by atoms with Gasteiger partial charge >= 0.3 is 0 Å². The van der Waals surface area contributed by atoms with E-state index in [1.54, 1.807) is 46.2 Å². The molecule has 0 spiro atoms. The van der Waals surface area contributed by atoms with Crippen LogP contribution >= 0.6 is 33.2 Å². The van der Waals surface area contributed by atoms with E-state index < -0.39 is 10.0 Å². The molecule has 39 heavy (non-hydrogen) atoms. The van der Waals surface area contributed by atoms with E-state index in [9.17, 15) is 4.79 Å². The number of aromatic nitrogens is 5. The molecule has 206 valence electrons. The molecule has 1 unspecified atom stereocenters. The number of carbonyl (C=O) groups excluding carboxylic acids is 1. The van der Waals surface area contributed by atoms with Gasteiger partial charge in [0.25, 0.3) is 5.91 Å². The molecule has 2 N–H and O–H groups in total. The van der Waals surface area contributed by atoms with E-state index >= 15 is 0 Å². The zero-order chi connectivity index (χ0) is 27.9. The summed E-state index contributed by atoms with van der Waals surface area (Å²) in [6.07, 6.45) is 12.1. The summed E-state index contributed by atoms with van der Waals surface area (Å²) in [5.74, 6) is 1.90. The van der Waals surface area contributed by atoms with Crippen molar-refractivity contribution in [1.82, 2.24) is 24.3 Å². The molecule has 9 nitrogen and oxygen atoms in total. The number of hydrogen-bond acceptors (Lipinski definition) is 6. The van der Waals surface area contributed by atoms with Crippen LogP contribution in [-0.4, -0.2) is 67.9 Å². The third kappa shape index (κ3) is 5.79. The predicted molar refractivity (Wildman–Crippen MR) is 160 cm³/mol. The van der Waals surface area contributed by atoms with Gasteiger partial charge in [-0.15, -0.1) is 0 Å². The third-order valence-corrected chi connectivity index (χ3v) is 8.62. The second-order valence-corrected chi connectivity index (χ2v) is 15.8. The molecule has 4 aromatic rings. The Morgan fingerprint density at radius 1 is 1.13 bits per heavy atom. The quantitative estimate of drug-likeness (QED) is 0.269. The Labute approximate surface area is 239 Å². The highest BCUT2D eigenvalue weighted by Crippen LogP contribution is 2.36. The molecule has 0 aliphatic carbocycles. The van der Waals surface area contributed by atoms with Crippen LogP contribution in [0, 0.1) is 0 Å². The molecule has 0 radical (unpaired) electrons. The van der Waals surface area contributed by atoms with Crippen LogP contribution < -0.4 is 10.6 Å². The van der Waals surface area contributed by atoms with Gasteiger partial charge in [0, 0.05) is 35.9 Å². The Kier molecular flexibility index (Phi) is 7.65. The number of hydrogen-bond donors (Lipinski definition) is 1. The SMILES string of the molecule is CC1CN(c2ccc(Cl)c(Cl)c2)C(=O)c2c(-c3cn(COCCS(C)(C)C)c(-c4ccc(N)nc4)n3)cnn21. The fraction of sp³-hybridized carbons (Fsp3) is 0.333. The first kappa shape index (κ1) is 27.5. The van der Waals surface area contributed by atoms with Crippen molar-refractivity contribution in [2.75, 3.05) is 48.3 Å². The lowest BCUT2D eigenvalue weighted by Crippen LogP contribution is -2.42. The van der Waals surface area contributed by atoms with Crippen LogP contribution in [-0.2, 0) is 11.5 Å². The maximum absolute atomic E-state index is 13.8. The fourth-order valence-electron chi connectivity index (χ4n) is 4.41. The van der Waals surface area contributed by atoms with Crippen molar-refractivity contribution in [2.45, 2.75) is 19.7 Å². The highest BCUT2D eigenvalue weighted by Gasteiger charge is 2.34. The topological polar surface area (TPSA) is 104 Å². The van der Waals surface area contributed by atoms with Gasteiger partial charge in [0.2, 0.25) is 0 Å². The van der Waals surface area contributed by atoms with E-state index in [0.717, 1.165) is 11.3 Å². The first-order valence-electron chi connectivity index (χ1n) is 12.4. The maximum Gasteiger partial charge on any atom is 0.277 e. The molecule has 0 saturated heterocycles. The number of nitrogen functional groups attached to an aromatic ring is 1. The monoisotopic (exact) mass is 587 g/mol. The van der Waals surface area contributed by atoms with Crippen LogP contribution in [0.2, 0.25) is 10.0 Å². The Morgan fingerprint density at radius 2 is 1.92 bits per heavy atom. The summed E-state index contributed by atoms with van der Waals surface area (Å²) in [5, 5.41) is 5.39. The smallest absolute Gasteiger partial charge is 0.277 e. The van der Waals surface area contributed by atoms with E-state index in [4.69, 9.17) is 38.7 Å². The number of rotatable bonds is 8. The first-order valence-corrected chi connectivity index (χ1v) is 16.2. The number of benzene rings is 1. The van der Waals surface area contributed by atoms with Crippen LogP contribution in [0.4, 0.5) is 11.5 Å². The third-order valence-electron chi connectivity index (χ3n) is 6.49. The number of nitrogens with two attached hydrogens (primary N) is 1. The van der Waals surface area contributed by atoms with Gasteiger partial charge in [0.15, 0.2) is 0 Å². The van der Waals surface area contributed by atoms with Crippen LogP contribution in [0.25, 0.3) is 22.6 Å². The van der Waals surface area contributed by atoms with E-state index in [-0.39, 0.29) is 11.9 Å². The number of fused-ring (bicyclic) bond motifs is 1. The molecular formula is C27H31Cl2N7O2S. The predicted octanol–water partition coefficient (Wildman–Crippen LogP) is 5.59. The lowest BCUT2D eigenvalue weighted by atomic mass is 10.1. The molecule has 0 bridgehead atoms. The molecule has 1 aromatic carbocycles. The molecule has 0 fully saturated rings. The summed E-state index contributed by atoms with van der Waals surface area (Å²) in [6.45, 7) is 3.42. The van der Waals surface area contributed by atoms with E-state index in [2.05, 4.69) is 28.8 Å². The Hall–Kier alpha value is -3.05. The van der Waals surface area contributed by atoms with Gasteiger partial charge in [-0.2, -0.15) is 5.10 Å². The zero-order valence-corrected chi connectivity index (χ0v) is 24.6. The van der Waals surface area contributed by atoms with Gasteiger partial charge in [-0.05, 0) is 56.0 Å². The van der Waals surface area contributed by atoms with Crippen molar-refractivity contribution < 1.29 is 9.53 Å². The summed E-state index contributed by atoms with van der Waals surface area (Å²) in [4.78, 5) is 24.7. The lowest BCUT2D eigenvalue weighted by molar-refractivity contribution is 0.0908. The van der Waals surface area contributed by atoms with Crippen molar-refractivity contribution in [2.24, 2.45) is 0 Å². The molecule has 12 heteroatoms. The van der Waals surface area contributed by atoms with Crippen molar-refractivity contribution in [3.05, 3.63) is 64.7 Å². The Balaban J connectivity index is 1.52. The van der Waals surface area contributed by atoms with Gasteiger partial charge in [-0.1, -0.05) is 23.2 Å². The molecule has 1 amide bonds. The van der Waals surface area contributed by atoms with Crippen LogP contribution in [0.15, 0.2) is 48.9 Å². The number of amides is 1. The van der Waals surface area contributed by atoms with Gasteiger partial charge < -0.3 is 19.9 Å². The minimum absolute atomic E-state index is 0.0630. The average molecular weight is 589 g/mol. The fourth-order valence-corrected chi connectivity index (χ4v) is 5.32. The molecular weight excluding hydrogens is 557 g/mol. The van der Waals surface area contributed by atoms with Crippen molar-refractivity contribution in [3.8, 4) is 22.6 Å². The minimum atomic E-state index is -0.673. The second kappa shape index (κ2) is 10.8. The average Bonchev–Trinajstić information content (AvgIpc) is 3.51. The summed E-state index contributed by atoms with van der Waals surface area (Å²) in [7, 11) is -0.673. The number of carbonyl (C=O) groups is 1. The van der Waals surface area contributed by atoms with Crippen molar-refractivity contribution in [3.63, 3.8) is 0 Å². The van der Waals surface area contributed by atoms with Crippen molar-refractivity contribution >= 4 is 50.6 Å². The van der Waals surface area contributed by atoms with Crippen LogP contribution in [0.3, 0.4) is 0 Å². The zero-order valence-electron chi connectivity index (χ0n) is 22.3.